The Kier molecular flexibility index (Phi) is 2.32. The van der Waals surface area contributed by atoms with Gasteiger partial charge in [0, 0.05) is 5.02 Å². The molecule has 12 heavy (non-hydrogen) atoms. The number of rotatable bonds is 1. The van der Waals surface area contributed by atoms with Crippen LogP contribution in [0.4, 0.5) is 0 Å². The van der Waals surface area contributed by atoms with Crippen molar-refractivity contribution in [1.82, 2.24) is 0 Å². The van der Waals surface area contributed by atoms with Crippen molar-refractivity contribution in [3.8, 4) is 6.07 Å². The van der Waals surface area contributed by atoms with Gasteiger partial charge in [-0.1, -0.05) is 11.6 Å². The van der Waals surface area contributed by atoms with Crippen molar-refractivity contribution >= 4 is 17.6 Å². The van der Waals surface area contributed by atoms with E-state index in [-0.39, 0.29) is 11.1 Å². The summed E-state index contributed by atoms with van der Waals surface area (Å²) in [5.41, 5.74) is 0.0527. The second-order valence-electron chi connectivity index (χ2n) is 2.11. The maximum absolute atomic E-state index is 10.5. The van der Waals surface area contributed by atoms with E-state index in [0.717, 1.165) is 0 Å². The van der Waals surface area contributed by atoms with Gasteiger partial charge in [-0.25, -0.2) is 4.79 Å². The molecule has 0 aromatic heterocycles. The highest BCUT2D eigenvalue weighted by atomic mass is 35.5. The van der Waals surface area contributed by atoms with Gasteiger partial charge in [0.1, 0.15) is 6.07 Å². The minimum absolute atomic E-state index is 0.0648. The van der Waals surface area contributed by atoms with E-state index in [1.807, 2.05) is 0 Å². The van der Waals surface area contributed by atoms with E-state index in [4.69, 9.17) is 22.0 Å². The second-order valence-corrected chi connectivity index (χ2v) is 2.54. The van der Waals surface area contributed by atoms with Gasteiger partial charge in [0.25, 0.3) is 0 Å². The average molecular weight is 182 g/mol. The van der Waals surface area contributed by atoms with Crippen LogP contribution in [0.5, 0.6) is 0 Å². The van der Waals surface area contributed by atoms with Crippen LogP contribution in [0, 0.1) is 11.3 Å². The SMILES string of the molecule is N#Cc1ccc(Cl)cc1C(=O)O. The highest BCUT2D eigenvalue weighted by molar-refractivity contribution is 6.31. The van der Waals surface area contributed by atoms with Crippen LogP contribution in [-0.4, -0.2) is 11.1 Å². The van der Waals surface area contributed by atoms with Gasteiger partial charge in [0.15, 0.2) is 0 Å². The maximum atomic E-state index is 10.5. The predicted molar refractivity (Wildman–Crippen MR) is 43.1 cm³/mol. The molecular formula is C8H4ClNO2. The fourth-order valence-electron chi connectivity index (χ4n) is 0.791. The molecule has 0 unspecified atom stereocenters. The third-order valence-electron chi connectivity index (χ3n) is 1.33. The Bertz CT molecular complexity index is 368. The summed E-state index contributed by atoms with van der Waals surface area (Å²) in [5.74, 6) is -1.14. The first-order valence-corrected chi connectivity index (χ1v) is 3.46. The number of carboxylic acids is 1. The Balaban J connectivity index is 3.34. The monoisotopic (exact) mass is 181 g/mol. The topological polar surface area (TPSA) is 61.1 Å². The fraction of sp³-hybridized carbons (Fsp3) is 0. The summed E-state index contributed by atoms with van der Waals surface area (Å²) in [6, 6.07) is 5.88. The Labute approximate surface area is 73.8 Å². The van der Waals surface area contributed by atoms with Crippen molar-refractivity contribution in [1.29, 1.82) is 5.26 Å². The van der Waals surface area contributed by atoms with Crippen molar-refractivity contribution in [2.75, 3.05) is 0 Å². The van der Waals surface area contributed by atoms with Gasteiger partial charge in [-0.05, 0) is 18.2 Å². The lowest BCUT2D eigenvalue weighted by Gasteiger charge is -1.97. The molecule has 0 amide bonds. The van der Waals surface area contributed by atoms with Gasteiger partial charge in [-0.3, -0.25) is 0 Å². The minimum Gasteiger partial charge on any atom is -0.478 e. The summed E-state index contributed by atoms with van der Waals surface area (Å²) >= 11 is 5.55. The molecule has 1 aromatic rings. The number of aromatic carboxylic acids is 1. The number of nitriles is 1. The molecule has 0 aliphatic rings. The normalized spacial score (nSPS) is 9.00. The van der Waals surface area contributed by atoms with Crippen molar-refractivity contribution in [3.05, 3.63) is 34.3 Å². The van der Waals surface area contributed by atoms with E-state index in [9.17, 15) is 4.79 Å². The van der Waals surface area contributed by atoms with Crippen LogP contribution >= 0.6 is 11.6 Å². The van der Waals surface area contributed by atoms with E-state index >= 15 is 0 Å². The zero-order chi connectivity index (χ0) is 9.14. The van der Waals surface area contributed by atoms with Gasteiger partial charge >= 0.3 is 5.97 Å². The number of nitrogens with zero attached hydrogens (tertiary/aromatic N) is 1. The molecular weight excluding hydrogens is 178 g/mol. The summed E-state index contributed by atoms with van der Waals surface area (Å²) in [7, 11) is 0. The molecule has 4 heteroatoms. The Morgan fingerprint density at radius 2 is 2.25 bits per heavy atom. The van der Waals surface area contributed by atoms with E-state index in [1.165, 1.54) is 18.2 Å². The molecule has 0 heterocycles. The second kappa shape index (κ2) is 3.24. The van der Waals surface area contributed by atoms with Gasteiger partial charge in [-0.15, -0.1) is 0 Å². The van der Waals surface area contributed by atoms with Crippen molar-refractivity contribution in [2.24, 2.45) is 0 Å². The van der Waals surface area contributed by atoms with Crippen LogP contribution in [0.25, 0.3) is 0 Å². The molecule has 1 aromatic carbocycles. The lowest BCUT2D eigenvalue weighted by atomic mass is 10.1. The van der Waals surface area contributed by atoms with Crippen LogP contribution in [-0.2, 0) is 0 Å². The quantitative estimate of drug-likeness (QED) is 0.720. The van der Waals surface area contributed by atoms with Gasteiger partial charge < -0.3 is 5.11 Å². The average Bonchev–Trinajstić information content (AvgIpc) is 2.04. The number of hydrogen-bond acceptors (Lipinski definition) is 2. The van der Waals surface area contributed by atoms with Crippen LogP contribution in [0.15, 0.2) is 18.2 Å². The number of hydrogen-bond donors (Lipinski definition) is 1. The molecule has 0 saturated carbocycles. The summed E-state index contributed by atoms with van der Waals surface area (Å²) in [4.78, 5) is 10.5. The van der Waals surface area contributed by atoms with Crippen LogP contribution in [0.3, 0.4) is 0 Å². The Hall–Kier alpha value is -1.53. The maximum Gasteiger partial charge on any atom is 0.337 e. The first-order chi connectivity index (χ1) is 5.65. The zero-order valence-corrected chi connectivity index (χ0v) is 6.67. The summed E-state index contributed by atoms with van der Waals surface area (Å²) < 4.78 is 0. The van der Waals surface area contributed by atoms with Crippen molar-refractivity contribution < 1.29 is 9.90 Å². The third kappa shape index (κ3) is 1.55. The number of carbonyl (C=O) groups is 1. The molecule has 0 spiro atoms. The molecule has 0 aliphatic heterocycles. The van der Waals surface area contributed by atoms with E-state index in [1.54, 1.807) is 6.07 Å². The predicted octanol–water partition coefficient (Wildman–Crippen LogP) is 1.91. The van der Waals surface area contributed by atoms with Crippen LogP contribution in [0.2, 0.25) is 5.02 Å². The minimum atomic E-state index is -1.14. The van der Waals surface area contributed by atoms with Gasteiger partial charge in [0.2, 0.25) is 0 Å². The number of carboxylic acid groups (broad SMARTS) is 1. The standard InChI is InChI=1S/C8H4ClNO2/c9-6-2-1-5(4-10)7(3-6)8(11)12/h1-3H,(H,11,12). The van der Waals surface area contributed by atoms with Crippen molar-refractivity contribution in [2.45, 2.75) is 0 Å². The first kappa shape index (κ1) is 8.57. The van der Waals surface area contributed by atoms with E-state index in [0.29, 0.717) is 5.02 Å². The molecule has 1 rings (SSSR count). The smallest absolute Gasteiger partial charge is 0.337 e. The molecule has 60 valence electrons. The zero-order valence-electron chi connectivity index (χ0n) is 5.91. The summed E-state index contributed by atoms with van der Waals surface area (Å²) in [5, 5.41) is 17.4. The Morgan fingerprint density at radius 3 is 2.75 bits per heavy atom. The van der Waals surface area contributed by atoms with E-state index < -0.39 is 5.97 Å². The lowest BCUT2D eigenvalue weighted by molar-refractivity contribution is 0.0696. The molecule has 0 radical (unpaired) electrons. The largest absolute Gasteiger partial charge is 0.478 e. The molecule has 3 nitrogen and oxygen atoms in total. The molecule has 1 N–H and O–H groups in total. The summed E-state index contributed by atoms with van der Waals surface area (Å²) in [6.45, 7) is 0. The van der Waals surface area contributed by atoms with Gasteiger partial charge in [-0.2, -0.15) is 5.26 Å². The summed E-state index contributed by atoms with van der Waals surface area (Å²) in [6.07, 6.45) is 0. The number of benzene rings is 1. The third-order valence-corrected chi connectivity index (χ3v) is 1.57. The molecule has 0 aliphatic carbocycles. The lowest BCUT2D eigenvalue weighted by Crippen LogP contribution is -1.99. The number of halogens is 1. The molecule has 0 saturated heterocycles. The van der Waals surface area contributed by atoms with Crippen molar-refractivity contribution in [3.63, 3.8) is 0 Å². The fourth-order valence-corrected chi connectivity index (χ4v) is 0.963. The Morgan fingerprint density at radius 1 is 1.58 bits per heavy atom. The highest BCUT2D eigenvalue weighted by Crippen LogP contribution is 2.15. The molecule has 0 fully saturated rings. The first-order valence-electron chi connectivity index (χ1n) is 3.08. The molecule has 0 bridgehead atoms. The highest BCUT2D eigenvalue weighted by Gasteiger charge is 2.09. The van der Waals surface area contributed by atoms with Crippen LogP contribution in [0.1, 0.15) is 15.9 Å². The van der Waals surface area contributed by atoms with Crippen LogP contribution < -0.4 is 0 Å². The van der Waals surface area contributed by atoms with E-state index in [2.05, 4.69) is 0 Å². The molecule has 0 atom stereocenters. The van der Waals surface area contributed by atoms with Gasteiger partial charge in [0.05, 0.1) is 11.1 Å².